The van der Waals surface area contributed by atoms with Crippen LogP contribution in [0.2, 0.25) is 0 Å². The van der Waals surface area contributed by atoms with Crippen LogP contribution in [-0.2, 0) is 13.0 Å². The quantitative estimate of drug-likeness (QED) is 0.887. The predicted molar refractivity (Wildman–Crippen MR) is 78.3 cm³/mol. The lowest BCUT2D eigenvalue weighted by Gasteiger charge is -2.29. The summed E-state index contributed by atoms with van der Waals surface area (Å²) < 4.78 is 12.9. The maximum atomic E-state index is 12.9. The minimum atomic E-state index is -0.659. The van der Waals surface area contributed by atoms with Gasteiger partial charge >= 0.3 is 0 Å². The van der Waals surface area contributed by atoms with Gasteiger partial charge in [-0.25, -0.2) is 4.39 Å². The SMILES string of the molecule is Cc1[nH]c(=O)c(O)c2c1CCN(Cc1ccc(F)cc1)C2=O. The van der Waals surface area contributed by atoms with Gasteiger partial charge in [-0.1, -0.05) is 12.1 Å². The van der Waals surface area contributed by atoms with E-state index in [9.17, 15) is 19.1 Å². The maximum absolute atomic E-state index is 12.9. The van der Waals surface area contributed by atoms with Crippen LogP contribution in [0.4, 0.5) is 4.39 Å². The molecule has 0 aliphatic carbocycles. The van der Waals surface area contributed by atoms with E-state index in [2.05, 4.69) is 4.98 Å². The van der Waals surface area contributed by atoms with Gasteiger partial charge in [-0.15, -0.1) is 0 Å². The van der Waals surface area contributed by atoms with Crippen LogP contribution in [0.25, 0.3) is 0 Å². The fourth-order valence-corrected chi connectivity index (χ4v) is 2.76. The number of halogens is 1. The zero-order valence-corrected chi connectivity index (χ0v) is 12.0. The minimum absolute atomic E-state index is 0.0783. The number of hydrogen-bond donors (Lipinski definition) is 2. The molecule has 1 aliphatic rings. The summed E-state index contributed by atoms with van der Waals surface area (Å²) >= 11 is 0. The fourth-order valence-electron chi connectivity index (χ4n) is 2.76. The lowest BCUT2D eigenvalue weighted by Crippen LogP contribution is -2.38. The molecule has 2 N–H and O–H groups in total. The van der Waals surface area contributed by atoms with Crippen LogP contribution in [0.15, 0.2) is 29.1 Å². The first kappa shape index (κ1) is 14.3. The Morgan fingerprint density at radius 3 is 2.64 bits per heavy atom. The monoisotopic (exact) mass is 302 g/mol. The number of aryl methyl sites for hydroxylation is 1. The molecule has 0 spiro atoms. The molecule has 1 aliphatic heterocycles. The van der Waals surface area contributed by atoms with Crippen LogP contribution in [-0.4, -0.2) is 27.4 Å². The number of aromatic amines is 1. The Morgan fingerprint density at radius 1 is 1.27 bits per heavy atom. The van der Waals surface area contributed by atoms with Gasteiger partial charge in [-0.2, -0.15) is 0 Å². The third-order valence-corrected chi connectivity index (χ3v) is 3.93. The van der Waals surface area contributed by atoms with Crippen molar-refractivity contribution in [2.45, 2.75) is 19.9 Å². The zero-order chi connectivity index (χ0) is 15.9. The van der Waals surface area contributed by atoms with E-state index in [-0.39, 0.29) is 17.3 Å². The van der Waals surface area contributed by atoms with Crippen molar-refractivity contribution in [3.05, 3.63) is 62.8 Å². The largest absolute Gasteiger partial charge is 0.502 e. The number of amides is 1. The van der Waals surface area contributed by atoms with Gasteiger partial charge in [-0.05, 0) is 36.6 Å². The van der Waals surface area contributed by atoms with E-state index < -0.39 is 11.3 Å². The molecule has 0 unspecified atom stereocenters. The summed E-state index contributed by atoms with van der Waals surface area (Å²) in [6.07, 6.45) is 0.554. The molecular weight excluding hydrogens is 287 g/mol. The Balaban J connectivity index is 1.94. The summed E-state index contributed by atoms with van der Waals surface area (Å²) in [5.41, 5.74) is 1.49. The highest BCUT2D eigenvalue weighted by Crippen LogP contribution is 2.26. The maximum Gasteiger partial charge on any atom is 0.291 e. The Hall–Kier alpha value is -2.63. The van der Waals surface area contributed by atoms with Crippen molar-refractivity contribution in [2.75, 3.05) is 6.54 Å². The molecule has 3 rings (SSSR count). The van der Waals surface area contributed by atoms with Crippen molar-refractivity contribution < 1.29 is 14.3 Å². The third-order valence-electron chi connectivity index (χ3n) is 3.93. The number of benzene rings is 1. The van der Waals surface area contributed by atoms with Crippen molar-refractivity contribution in [3.8, 4) is 5.75 Å². The van der Waals surface area contributed by atoms with Crippen LogP contribution in [0.1, 0.15) is 27.2 Å². The molecule has 2 heterocycles. The molecule has 0 saturated heterocycles. The molecule has 6 heteroatoms. The van der Waals surface area contributed by atoms with E-state index in [1.54, 1.807) is 24.0 Å². The first-order valence-electron chi connectivity index (χ1n) is 6.96. The van der Waals surface area contributed by atoms with Crippen molar-refractivity contribution >= 4 is 5.91 Å². The average molecular weight is 302 g/mol. The minimum Gasteiger partial charge on any atom is -0.502 e. The highest BCUT2D eigenvalue weighted by atomic mass is 19.1. The first-order chi connectivity index (χ1) is 10.5. The summed E-state index contributed by atoms with van der Waals surface area (Å²) in [6.45, 7) is 2.50. The number of aromatic nitrogens is 1. The van der Waals surface area contributed by atoms with E-state index in [1.165, 1.54) is 12.1 Å². The van der Waals surface area contributed by atoms with Gasteiger partial charge in [0.2, 0.25) is 0 Å². The number of pyridine rings is 1. The van der Waals surface area contributed by atoms with Gasteiger partial charge in [0.05, 0.1) is 5.56 Å². The van der Waals surface area contributed by atoms with E-state index in [4.69, 9.17) is 0 Å². The molecule has 5 nitrogen and oxygen atoms in total. The summed E-state index contributed by atoms with van der Waals surface area (Å²) in [5, 5.41) is 9.92. The predicted octanol–water partition coefficient (Wildman–Crippen LogP) is 1.73. The molecule has 0 bridgehead atoms. The highest BCUT2D eigenvalue weighted by Gasteiger charge is 2.30. The molecular formula is C16H15FN2O3. The standard InChI is InChI=1S/C16H15FN2O3/c1-9-12-6-7-19(8-10-2-4-11(17)5-3-10)16(22)13(12)14(20)15(21)18-9/h2-5,20H,6-8H2,1H3,(H,18,21). The molecule has 2 aromatic rings. The molecule has 0 radical (unpaired) electrons. The second-order valence-corrected chi connectivity index (χ2v) is 5.38. The number of nitrogens with one attached hydrogen (secondary N) is 1. The molecule has 114 valence electrons. The second-order valence-electron chi connectivity index (χ2n) is 5.38. The molecule has 1 amide bonds. The number of hydrogen-bond acceptors (Lipinski definition) is 3. The van der Waals surface area contributed by atoms with Crippen molar-refractivity contribution in [1.29, 1.82) is 0 Å². The number of aromatic hydroxyl groups is 1. The smallest absolute Gasteiger partial charge is 0.291 e. The molecule has 0 atom stereocenters. The van der Waals surface area contributed by atoms with Crippen molar-refractivity contribution in [3.63, 3.8) is 0 Å². The van der Waals surface area contributed by atoms with Gasteiger partial charge in [0.25, 0.3) is 11.5 Å². The van der Waals surface area contributed by atoms with Crippen LogP contribution in [0.5, 0.6) is 5.75 Å². The number of fused-ring (bicyclic) bond motifs is 1. The van der Waals surface area contributed by atoms with Crippen LogP contribution >= 0.6 is 0 Å². The molecule has 0 fully saturated rings. The van der Waals surface area contributed by atoms with Gasteiger partial charge in [0.1, 0.15) is 5.82 Å². The van der Waals surface area contributed by atoms with Gasteiger partial charge in [-0.3, -0.25) is 9.59 Å². The fraction of sp³-hybridized carbons (Fsp3) is 0.250. The Morgan fingerprint density at radius 2 is 1.95 bits per heavy atom. The van der Waals surface area contributed by atoms with Crippen molar-refractivity contribution in [1.82, 2.24) is 9.88 Å². The van der Waals surface area contributed by atoms with E-state index in [0.717, 1.165) is 5.56 Å². The Bertz CT molecular complexity index is 796. The number of rotatable bonds is 2. The normalized spacial score (nSPS) is 14.1. The van der Waals surface area contributed by atoms with E-state index >= 15 is 0 Å². The number of H-pyrrole nitrogens is 1. The van der Waals surface area contributed by atoms with E-state index in [1.807, 2.05) is 0 Å². The van der Waals surface area contributed by atoms with Crippen LogP contribution < -0.4 is 5.56 Å². The third kappa shape index (κ3) is 2.36. The van der Waals surface area contributed by atoms with Gasteiger partial charge in [0.15, 0.2) is 5.75 Å². The summed E-state index contributed by atoms with van der Waals surface area (Å²) in [7, 11) is 0. The van der Waals surface area contributed by atoms with E-state index in [0.29, 0.717) is 30.8 Å². The summed E-state index contributed by atoms with van der Waals surface area (Å²) in [4.78, 5) is 28.3. The molecule has 1 aromatic heterocycles. The summed E-state index contributed by atoms with van der Waals surface area (Å²) in [5.74, 6) is -1.24. The molecule has 22 heavy (non-hydrogen) atoms. The van der Waals surface area contributed by atoms with Crippen molar-refractivity contribution in [2.24, 2.45) is 0 Å². The lowest BCUT2D eigenvalue weighted by atomic mass is 9.97. The first-order valence-corrected chi connectivity index (χ1v) is 6.96. The topological polar surface area (TPSA) is 73.4 Å². The number of nitrogens with zero attached hydrogens (tertiary/aromatic N) is 1. The van der Waals surface area contributed by atoms with Gasteiger partial charge < -0.3 is 15.0 Å². The van der Waals surface area contributed by atoms with Crippen LogP contribution in [0.3, 0.4) is 0 Å². The average Bonchev–Trinajstić information content (AvgIpc) is 2.49. The van der Waals surface area contributed by atoms with Crippen LogP contribution in [0, 0.1) is 12.7 Å². The molecule has 0 saturated carbocycles. The van der Waals surface area contributed by atoms with Gasteiger partial charge in [0, 0.05) is 18.8 Å². The lowest BCUT2D eigenvalue weighted by molar-refractivity contribution is 0.0722. The Labute approximate surface area is 126 Å². The number of carbonyl (C=O) groups is 1. The Kier molecular flexibility index (Phi) is 3.44. The second kappa shape index (κ2) is 5.29. The molecule has 1 aromatic carbocycles. The zero-order valence-electron chi connectivity index (χ0n) is 12.0. The summed E-state index contributed by atoms with van der Waals surface area (Å²) in [6, 6.07) is 5.90. The number of carbonyl (C=O) groups excluding carboxylic acids is 1. The highest BCUT2D eigenvalue weighted by molar-refractivity contribution is 5.99.